The molecular formula is C17H30N2O4. The van der Waals surface area contributed by atoms with E-state index in [0.717, 1.165) is 4.90 Å². The first kappa shape index (κ1) is 18.2. The smallest absolute Gasteiger partial charge is 0.325 e. The van der Waals surface area contributed by atoms with Gasteiger partial charge < -0.3 is 15.2 Å². The maximum atomic E-state index is 13.0. The Bertz CT molecular complexity index is 483. The van der Waals surface area contributed by atoms with Crippen LogP contribution in [0.2, 0.25) is 0 Å². The molecule has 2 aliphatic rings. The second kappa shape index (κ2) is 5.74. The zero-order chi connectivity index (χ0) is 17.6. The molecule has 0 aromatic heterocycles. The summed E-state index contributed by atoms with van der Waals surface area (Å²) in [5, 5.41) is 12.8. The van der Waals surface area contributed by atoms with E-state index in [9.17, 15) is 14.7 Å². The highest BCUT2D eigenvalue weighted by Gasteiger charge is 2.60. The number of hydrogen-bond acceptors (Lipinski definition) is 4. The molecular weight excluding hydrogens is 296 g/mol. The number of carbonyl (C=O) groups is 2. The Labute approximate surface area is 138 Å². The Morgan fingerprint density at radius 2 is 1.78 bits per heavy atom. The van der Waals surface area contributed by atoms with Gasteiger partial charge in [0.2, 0.25) is 0 Å². The van der Waals surface area contributed by atoms with Gasteiger partial charge in [0.25, 0.3) is 5.91 Å². The second-order valence-corrected chi connectivity index (χ2v) is 8.59. The average molecular weight is 326 g/mol. The largest absolute Gasteiger partial charge is 0.389 e. The van der Waals surface area contributed by atoms with E-state index in [0.29, 0.717) is 18.8 Å². The van der Waals surface area contributed by atoms with Gasteiger partial charge in [0.15, 0.2) is 0 Å². The number of methoxy groups -OCH3 is 1. The van der Waals surface area contributed by atoms with Crippen molar-refractivity contribution in [2.75, 3.05) is 20.3 Å². The molecule has 1 aliphatic carbocycles. The number of aliphatic hydroxyl groups excluding tert-OH is 1. The molecule has 1 unspecified atom stereocenters. The average Bonchev–Trinajstić information content (AvgIpc) is 2.60. The van der Waals surface area contributed by atoms with Crippen LogP contribution in [0.15, 0.2) is 0 Å². The number of ether oxygens (including phenoxy) is 1. The summed E-state index contributed by atoms with van der Waals surface area (Å²) in [5.41, 5.74) is -0.985. The number of amides is 3. The van der Waals surface area contributed by atoms with Crippen LogP contribution in [0.1, 0.15) is 47.5 Å². The van der Waals surface area contributed by atoms with E-state index in [-0.39, 0.29) is 29.9 Å². The fourth-order valence-electron chi connectivity index (χ4n) is 4.52. The first-order valence-electron chi connectivity index (χ1n) is 8.26. The Morgan fingerprint density at radius 1 is 1.26 bits per heavy atom. The van der Waals surface area contributed by atoms with Crippen molar-refractivity contribution >= 4 is 11.9 Å². The Hall–Kier alpha value is -1.14. The summed E-state index contributed by atoms with van der Waals surface area (Å²) in [7, 11) is 1.48. The number of carbonyl (C=O) groups excluding carboxylic acids is 2. The predicted molar refractivity (Wildman–Crippen MR) is 86.8 cm³/mol. The van der Waals surface area contributed by atoms with Gasteiger partial charge in [-0.15, -0.1) is 0 Å². The van der Waals surface area contributed by atoms with Crippen LogP contribution < -0.4 is 5.32 Å². The molecule has 2 N–H and O–H groups in total. The van der Waals surface area contributed by atoms with E-state index in [1.807, 2.05) is 0 Å². The molecule has 1 saturated carbocycles. The molecule has 0 radical (unpaired) electrons. The van der Waals surface area contributed by atoms with Crippen LogP contribution in [0, 0.1) is 16.7 Å². The van der Waals surface area contributed by atoms with Crippen molar-refractivity contribution < 1.29 is 19.4 Å². The molecule has 1 saturated heterocycles. The van der Waals surface area contributed by atoms with Gasteiger partial charge in [-0.25, -0.2) is 4.79 Å². The molecule has 3 amide bonds. The standard InChI is InChI=1S/C17H30N2O4/c1-11-15(2,3)9-17(10-16(11,4)5)13(21)19(14(22)18-17)7-12(20)8-23-6/h11-12,20H,7-10H2,1-6H3,(H,18,22). The van der Waals surface area contributed by atoms with Crippen LogP contribution in [-0.4, -0.2) is 53.8 Å². The zero-order valence-corrected chi connectivity index (χ0v) is 15.1. The van der Waals surface area contributed by atoms with Gasteiger partial charge in [-0.3, -0.25) is 9.69 Å². The van der Waals surface area contributed by atoms with Gasteiger partial charge in [-0.1, -0.05) is 34.6 Å². The minimum Gasteiger partial charge on any atom is -0.389 e. The Morgan fingerprint density at radius 3 is 2.26 bits per heavy atom. The summed E-state index contributed by atoms with van der Waals surface area (Å²) in [4.78, 5) is 26.5. The van der Waals surface area contributed by atoms with E-state index >= 15 is 0 Å². The first-order valence-corrected chi connectivity index (χ1v) is 8.26. The number of β-amino-alcohol motifs (C(OH)–C–C–N with tert-alkyl or cyclic N) is 1. The van der Waals surface area contributed by atoms with Gasteiger partial charge in [0.1, 0.15) is 5.54 Å². The lowest BCUT2D eigenvalue weighted by Crippen LogP contribution is -2.59. The quantitative estimate of drug-likeness (QED) is 0.772. The molecule has 1 heterocycles. The zero-order valence-electron chi connectivity index (χ0n) is 15.1. The maximum Gasteiger partial charge on any atom is 0.325 e. The number of imide groups is 1. The predicted octanol–water partition coefficient (Wildman–Crippen LogP) is 1.77. The second-order valence-electron chi connectivity index (χ2n) is 8.59. The lowest BCUT2D eigenvalue weighted by atomic mass is 9.52. The van der Waals surface area contributed by atoms with Crippen molar-refractivity contribution in [3.63, 3.8) is 0 Å². The summed E-state index contributed by atoms with van der Waals surface area (Å²) in [6, 6.07) is -0.411. The molecule has 1 aliphatic heterocycles. The van der Waals surface area contributed by atoms with Crippen molar-refractivity contribution in [1.29, 1.82) is 0 Å². The van der Waals surface area contributed by atoms with Gasteiger partial charge in [-0.05, 0) is 29.6 Å². The number of aliphatic hydroxyl groups is 1. The minimum absolute atomic E-state index is 0.0311. The summed E-state index contributed by atoms with van der Waals surface area (Å²) < 4.78 is 4.88. The molecule has 6 nitrogen and oxygen atoms in total. The molecule has 0 aromatic carbocycles. The van der Waals surface area contributed by atoms with Crippen molar-refractivity contribution in [3.8, 4) is 0 Å². The maximum absolute atomic E-state index is 13.0. The third-order valence-electron chi connectivity index (χ3n) is 5.86. The van der Waals surface area contributed by atoms with Gasteiger partial charge in [0.05, 0.1) is 19.3 Å². The van der Waals surface area contributed by atoms with Crippen molar-refractivity contribution in [2.45, 2.75) is 59.1 Å². The fraction of sp³-hybridized carbons (Fsp3) is 0.882. The highest BCUT2D eigenvalue weighted by Crippen LogP contribution is 2.55. The normalized spacial score (nSPS) is 27.3. The van der Waals surface area contributed by atoms with Crippen molar-refractivity contribution in [3.05, 3.63) is 0 Å². The van der Waals surface area contributed by atoms with Crippen LogP contribution in [0.5, 0.6) is 0 Å². The number of nitrogens with one attached hydrogen (secondary N) is 1. The van der Waals surface area contributed by atoms with Crippen LogP contribution in [0.3, 0.4) is 0 Å². The van der Waals surface area contributed by atoms with E-state index < -0.39 is 17.7 Å². The third kappa shape index (κ3) is 3.11. The Kier molecular flexibility index (Phi) is 4.54. The van der Waals surface area contributed by atoms with E-state index in [2.05, 4.69) is 39.9 Å². The number of hydrogen-bond donors (Lipinski definition) is 2. The summed E-state index contributed by atoms with van der Waals surface area (Å²) >= 11 is 0. The van der Waals surface area contributed by atoms with Crippen LogP contribution in [0.25, 0.3) is 0 Å². The molecule has 1 spiro atoms. The molecule has 2 rings (SSSR count). The van der Waals surface area contributed by atoms with Gasteiger partial charge in [0, 0.05) is 7.11 Å². The summed E-state index contributed by atoms with van der Waals surface area (Å²) in [6.07, 6.45) is 0.367. The summed E-state index contributed by atoms with van der Waals surface area (Å²) in [5.74, 6) is 0.212. The molecule has 2 fully saturated rings. The highest BCUT2D eigenvalue weighted by molar-refractivity contribution is 6.07. The third-order valence-corrected chi connectivity index (χ3v) is 5.86. The van der Waals surface area contributed by atoms with Crippen molar-refractivity contribution in [2.24, 2.45) is 16.7 Å². The van der Waals surface area contributed by atoms with E-state index in [1.54, 1.807) is 0 Å². The summed E-state index contributed by atoms with van der Waals surface area (Å²) in [6.45, 7) is 10.9. The lowest BCUT2D eigenvalue weighted by Gasteiger charge is -2.54. The fourth-order valence-corrected chi connectivity index (χ4v) is 4.52. The highest BCUT2D eigenvalue weighted by atomic mass is 16.5. The monoisotopic (exact) mass is 326 g/mol. The minimum atomic E-state index is -0.867. The molecule has 1 atom stereocenters. The molecule has 23 heavy (non-hydrogen) atoms. The van der Waals surface area contributed by atoms with Gasteiger partial charge in [-0.2, -0.15) is 0 Å². The van der Waals surface area contributed by atoms with Gasteiger partial charge >= 0.3 is 6.03 Å². The number of nitrogens with zero attached hydrogens (tertiary/aromatic N) is 1. The topological polar surface area (TPSA) is 78.9 Å². The lowest BCUT2D eigenvalue weighted by molar-refractivity contribution is -0.140. The number of rotatable bonds is 4. The number of urea groups is 1. The van der Waals surface area contributed by atoms with Crippen LogP contribution >= 0.6 is 0 Å². The molecule has 6 heteroatoms. The Balaban J connectivity index is 2.27. The van der Waals surface area contributed by atoms with E-state index in [1.165, 1.54) is 7.11 Å². The van der Waals surface area contributed by atoms with Crippen LogP contribution in [0.4, 0.5) is 4.79 Å². The van der Waals surface area contributed by atoms with E-state index in [4.69, 9.17) is 4.74 Å². The van der Waals surface area contributed by atoms with Crippen molar-refractivity contribution in [1.82, 2.24) is 10.2 Å². The molecule has 132 valence electrons. The molecule has 0 aromatic rings. The SMILES string of the molecule is COCC(O)CN1C(=O)NC2(CC(C)(C)C(C)C(C)(C)C2)C1=O. The first-order chi connectivity index (χ1) is 10.4. The molecule has 0 bridgehead atoms. The van der Waals surface area contributed by atoms with Crippen LogP contribution in [-0.2, 0) is 9.53 Å².